The number of rotatable bonds is 2. The second-order valence-corrected chi connectivity index (χ2v) is 4.33. The summed E-state index contributed by atoms with van der Waals surface area (Å²) < 4.78 is 5.50. The van der Waals surface area contributed by atoms with Crippen LogP contribution < -0.4 is 0 Å². The smallest absolute Gasteiger partial charge is 0.198 e. The zero-order chi connectivity index (χ0) is 12.5. The molecule has 0 saturated carbocycles. The zero-order valence-corrected chi connectivity index (χ0v) is 10.5. The molecule has 3 rings (SSSR count). The molecule has 0 atom stereocenters. The minimum Gasteiger partial charge on any atom is -0.439 e. The van der Waals surface area contributed by atoms with Gasteiger partial charge in [0.1, 0.15) is 0 Å². The summed E-state index contributed by atoms with van der Waals surface area (Å²) in [5.74, 6) is 0.649. The number of pyridine rings is 1. The van der Waals surface area contributed by atoms with Gasteiger partial charge in [-0.2, -0.15) is 4.98 Å². The van der Waals surface area contributed by atoms with Crippen LogP contribution in [-0.2, 0) is 6.42 Å². The maximum atomic E-state index is 5.50. The molecule has 0 unspecified atom stereocenters. The van der Waals surface area contributed by atoms with E-state index in [9.17, 15) is 0 Å². The van der Waals surface area contributed by atoms with Gasteiger partial charge in [-0.3, -0.25) is 0 Å². The summed E-state index contributed by atoms with van der Waals surface area (Å²) in [7, 11) is 0. The molecule has 0 N–H and O–H groups in total. The Bertz CT molecular complexity index is 683. The van der Waals surface area contributed by atoms with Crippen LogP contribution >= 0.6 is 0 Å². The highest BCUT2D eigenvalue weighted by atomic mass is 16.3. The molecule has 3 aromatic rings. The van der Waals surface area contributed by atoms with Crippen LogP contribution in [0.15, 0.2) is 40.9 Å². The van der Waals surface area contributed by atoms with Crippen molar-refractivity contribution in [2.75, 3.05) is 0 Å². The molecule has 0 aliphatic rings. The quantitative estimate of drug-likeness (QED) is 0.682. The summed E-state index contributed by atoms with van der Waals surface area (Å²) in [4.78, 5) is 8.51. The molecule has 0 saturated heterocycles. The van der Waals surface area contributed by atoms with Gasteiger partial charge in [-0.15, -0.1) is 0 Å². The van der Waals surface area contributed by atoms with Crippen LogP contribution in [0, 0.1) is 6.92 Å². The number of nitrogens with zero attached hydrogens (tertiary/aromatic N) is 2. The Morgan fingerprint density at radius 1 is 1.11 bits per heavy atom. The minimum absolute atomic E-state index is 0.649. The second-order valence-electron chi connectivity index (χ2n) is 4.33. The molecule has 0 fully saturated rings. The Labute approximate surface area is 105 Å². The van der Waals surface area contributed by atoms with Gasteiger partial charge in [0.2, 0.25) is 0 Å². The summed E-state index contributed by atoms with van der Waals surface area (Å²) >= 11 is 0. The monoisotopic (exact) mass is 238 g/mol. The summed E-state index contributed by atoms with van der Waals surface area (Å²) in [6, 6.07) is 10.5. The van der Waals surface area contributed by atoms with E-state index in [1.54, 1.807) is 0 Å². The van der Waals surface area contributed by atoms with E-state index in [2.05, 4.69) is 41.2 Å². The summed E-state index contributed by atoms with van der Waals surface area (Å²) in [5, 5.41) is 0. The Morgan fingerprint density at radius 2 is 1.89 bits per heavy atom. The first-order valence-corrected chi connectivity index (χ1v) is 6.09. The highest BCUT2D eigenvalue weighted by Gasteiger charge is 2.06. The summed E-state index contributed by atoms with van der Waals surface area (Å²) in [6.07, 6.45) is 2.89. The van der Waals surface area contributed by atoms with E-state index in [-0.39, 0.29) is 0 Å². The van der Waals surface area contributed by atoms with Crippen LogP contribution in [0.25, 0.3) is 22.4 Å². The van der Waals surface area contributed by atoms with Crippen molar-refractivity contribution in [2.45, 2.75) is 20.3 Å². The molecule has 1 aromatic carbocycles. The largest absolute Gasteiger partial charge is 0.439 e. The third-order valence-corrected chi connectivity index (χ3v) is 3.05. The van der Waals surface area contributed by atoms with E-state index in [1.807, 2.05) is 19.2 Å². The van der Waals surface area contributed by atoms with Gasteiger partial charge in [0.15, 0.2) is 17.1 Å². The van der Waals surface area contributed by atoms with Crippen LogP contribution in [0.5, 0.6) is 0 Å². The van der Waals surface area contributed by atoms with Crippen molar-refractivity contribution in [2.24, 2.45) is 0 Å². The zero-order valence-electron chi connectivity index (χ0n) is 10.5. The Morgan fingerprint density at radius 3 is 2.61 bits per heavy atom. The average Bonchev–Trinajstić information content (AvgIpc) is 2.78. The molecule has 2 heterocycles. The number of aromatic nitrogens is 2. The standard InChI is InChI=1S/C15H14N2O/c1-3-11-4-6-12(7-5-11)13-8-14-15(16-9-13)17-10(2)18-14/h4-9H,3H2,1-2H3. The van der Waals surface area contributed by atoms with Crippen molar-refractivity contribution >= 4 is 11.2 Å². The lowest BCUT2D eigenvalue weighted by molar-refractivity contribution is 0.561. The fourth-order valence-electron chi connectivity index (χ4n) is 2.02. The van der Waals surface area contributed by atoms with Gasteiger partial charge in [0.05, 0.1) is 0 Å². The maximum absolute atomic E-state index is 5.50. The van der Waals surface area contributed by atoms with Gasteiger partial charge >= 0.3 is 0 Å². The molecule has 0 radical (unpaired) electrons. The molecule has 0 aliphatic carbocycles. The fraction of sp³-hybridized carbons (Fsp3) is 0.200. The first-order chi connectivity index (χ1) is 8.76. The molecule has 18 heavy (non-hydrogen) atoms. The molecule has 2 aromatic heterocycles. The molecule has 0 spiro atoms. The van der Waals surface area contributed by atoms with Gasteiger partial charge in [-0.05, 0) is 23.6 Å². The maximum Gasteiger partial charge on any atom is 0.198 e. The van der Waals surface area contributed by atoms with Gasteiger partial charge in [-0.25, -0.2) is 4.98 Å². The Balaban J connectivity index is 2.06. The van der Waals surface area contributed by atoms with Gasteiger partial charge in [0.25, 0.3) is 0 Å². The third-order valence-electron chi connectivity index (χ3n) is 3.05. The van der Waals surface area contributed by atoms with Crippen molar-refractivity contribution in [1.82, 2.24) is 9.97 Å². The van der Waals surface area contributed by atoms with Gasteiger partial charge < -0.3 is 4.42 Å². The van der Waals surface area contributed by atoms with Crippen LogP contribution in [0.4, 0.5) is 0 Å². The number of aryl methyl sites for hydroxylation is 2. The van der Waals surface area contributed by atoms with Crippen molar-refractivity contribution in [3.8, 4) is 11.1 Å². The van der Waals surface area contributed by atoms with E-state index in [0.29, 0.717) is 11.5 Å². The normalized spacial score (nSPS) is 11.0. The van der Waals surface area contributed by atoms with Gasteiger partial charge in [-0.1, -0.05) is 31.2 Å². The number of fused-ring (bicyclic) bond motifs is 1. The van der Waals surface area contributed by atoms with Crippen molar-refractivity contribution in [3.05, 3.63) is 48.0 Å². The number of hydrogen-bond acceptors (Lipinski definition) is 3. The van der Waals surface area contributed by atoms with Crippen LogP contribution in [0.3, 0.4) is 0 Å². The highest BCUT2D eigenvalue weighted by Crippen LogP contribution is 2.23. The molecule has 0 aliphatic heterocycles. The van der Waals surface area contributed by atoms with E-state index in [4.69, 9.17) is 4.42 Å². The molecule has 90 valence electrons. The van der Waals surface area contributed by atoms with Crippen molar-refractivity contribution in [3.63, 3.8) is 0 Å². The number of hydrogen-bond donors (Lipinski definition) is 0. The van der Waals surface area contributed by atoms with Gasteiger partial charge in [0, 0.05) is 18.7 Å². The molecular formula is C15H14N2O. The lowest BCUT2D eigenvalue weighted by atomic mass is 10.0. The third kappa shape index (κ3) is 1.88. The van der Waals surface area contributed by atoms with E-state index < -0.39 is 0 Å². The molecule has 0 amide bonds. The Hall–Kier alpha value is -2.16. The molecule has 3 nitrogen and oxygen atoms in total. The SMILES string of the molecule is CCc1ccc(-c2cnc3nc(C)oc3c2)cc1. The molecule has 3 heteroatoms. The van der Waals surface area contributed by atoms with Crippen molar-refractivity contribution in [1.29, 1.82) is 0 Å². The van der Waals surface area contributed by atoms with E-state index >= 15 is 0 Å². The summed E-state index contributed by atoms with van der Waals surface area (Å²) in [6.45, 7) is 3.98. The van der Waals surface area contributed by atoms with E-state index in [0.717, 1.165) is 23.1 Å². The predicted octanol–water partition coefficient (Wildman–Crippen LogP) is 3.76. The lowest BCUT2D eigenvalue weighted by Crippen LogP contribution is -1.83. The average molecular weight is 238 g/mol. The predicted molar refractivity (Wildman–Crippen MR) is 71.4 cm³/mol. The first kappa shape index (κ1) is 11.0. The van der Waals surface area contributed by atoms with Crippen LogP contribution in [-0.4, -0.2) is 9.97 Å². The topological polar surface area (TPSA) is 38.9 Å². The minimum atomic E-state index is 0.649. The summed E-state index contributed by atoms with van der Waals surface area (Å²) in [5.41, 5.74) is 4.95. The number of benzene rings is 1. The Kier molecular flexibility index (Phi) is 2.59. The molecule has 0 bridgehead atoms. The fourth-order valence-corrected chi connectivity index (χ4v) is 2.02. The first-order valence-electron chi connectivity index (χ1n) is 6.09. The number of oxazole rings is 1. The molecular weight excluding hydrogens is 224 g/mol. The van der Waals surface area contributed by atoms with Crippen LogP contribution in [0.1, 0.15) is 18.4 Å². The van der Waals surface area contributed by atoms with Crippen LogP contribution in [0.2, 0.25) is 0 Å². The lowest BCUT2D eigenvalue weighted by Gasteiger charge is -2.02. The van der Waals surface area contributed by atoms with Crippen molar-refractivity contribution < 1.29 is 4.42 Å². The highest BCUT2D eigenvalue weighted by molar-refractivity contribution is 5.76. The second kappa shape index (κ2) is 4.26. The van der Waals surface area contributed by atoms with E-state index in [1.165, 1.54) is 5.56 Å².